The Morgan fingerprint density at radius 3 is 2.43 bits per heavy atom. The van der Waals surface area contributed by atoms with Crippen molar-refractivity contribution in [3.05, 3.63) is 59.7 Å². The molecule has 4 nitrogen and oxygen atoms in total. The van der Waals surface area contributed by atoms with Crippen LogP contribution in [0.5, 0.6) is 0 Å². The van der Waals surface area contributed by atoms with Crippen LogP contribution in [0, 0.1) is 0 Å². The second kappa shape index (κ2) is 7.14. The van der Waals surface area contributed by atoms with Crippen LogP contribution in [0.3, 0.4) is 0 Å². The van der Waals surface area contributed by atoms with Gasteiger partial charge in [-0.15, -0.1) is 0 Å². The summed E-state index contributed by atoms with van der Waals surface area (Å²) < 4.78 is 0. The first kappa shape index (κ1) is 14.7. The minimum atomic E-state index is 0.421. The van der Waals surface area contributed by atoms with Crippen LogP contribution >= 0.6 is 0 Å². The number of aliphatic imine (C=N–C) groups is 1. The molecule has 2 aromatic carbocycles. The molecule has 0 heterocycles. The minimum Gasteiger partial charge on any atom is -0.336 e. The van der Waals surface area contributed by atoms with E-state index in [1.54, 1.807) is 24.5 Å². The van der Waals surface area contributed by atoms with Crippen LogP contribution in [-0.2, 0) is 11.2 Å². The molecule has 0 aliphatic heterocycles. The van der Waals surface area contributed by atoms with Gasteiger partial charge in [0.05, 0.1) is 12.0 Å². The first-order valence-electron chi connectivity index (χ1n) is 6.58. The zero-order valence-electron chi connectivity index (χ0n) is 11.8. The van der Waals surface area contributed by atoms with E-state index in [4.69, 9.17) is 0 Å². The van der Waals surface area contributed by atoms with Crippen molar-refractivity contribution in [1.29, 1.82) is 0 Å². The standard InChI is InChI=1S/C17H16N2O2/c1-19(16-8-6-14(7-9-16)10-11-20)13-18-17-5-3-2-4-15(17)12-21/h2-9,11-13H,10H2,1H3. The third-order valence-electron chi connectivity index (χ3n) is 3.10. The molecule has 0 aliphatic carbocycles. The predicted molar refractivity (Wildman–Crippen MR) is 84.6 cm³/mol. The largest absolute Gasteiger partial charge is 0.336 e. The molecule has 2 rings (SSSR count). The Kier molecular flexibility index (Phi) is 4.99. The number of hydrogen-bond acceptors (Lipinski definition) is 3. The summed E-state index contributed by atoms with van der Waals surface area (Å²) in [5.41, 5.74) is 3.13. The van der Waals surface area contributed by atoms with E-state index in [1.165, 1.54) is 0 Å². The van der Waals surface area contributed by atoms with Crippen molar-refractivity contribution in [2.24, 2.45) is 4.99 Å². The molecule has 0 spiro atoms. The summed E-state index contributed by atoms with van der Waals surface area (Å²) in [6.07, 6.45) is 3.76. The van der Waals surface area contributed by atoms with Gasteiger partial charge in [0.2, 0.25) is 0 Å². The molecule has 0 saturated heterocycles. The molecule has 0 N–H and O–H groups in total. The first-order valence-corrected chi connectivity index (χ1v) is 6.58. The molecule has 2 aromatic rings. The second-order valence-electron chi connectivity index (χ2n) is 4.57. The topological polar surface area (TPSA) is 49.7 Å². The Hall–Kier alpha value is -2.75. The number of benzene rings is 2. The number of nitrogens with zero attached hydrogens (tertiary/aromatic N) is 2. The molecule has 0 bridgehead atoms. The minimum absolute atomic E-state index is 0.421. The zero-order chi connectivity index (χ0) is 15.1. The summed E-state index contributed by atoms with van der Waals surface area (Å²) in [5, 5.41) is 0. The van der Waals surface area contributed by atoms with Gasteiger partial charge < -0.3 is 9.69 Å². The highest BCUT2D eigenvalue weighted by Crippen LogP contribution is 2.17. The van der Waals surface area contributed by atoms with Gasteiger partial charge in [0.1, 0.15) is 6.29 Å². The molecule has 0 saturated carbocycles. The van der Waals surface area contributed by atoms with Crippen LogP contribution in [0.2, 0.25) is 0 Å². The third kappa shape index (κ3) is 3.86. The van der Waals surface area contributed by atoms with Crippen molar-refractivity contribution < 1.29 is 9.59 Å². The lowest BCUT2D eigenvalue weighted by Crippen LogP contribution is -2.13. The molecule has 0 aliphatic rings. The van der Waals surface area contributed by atoms with Crippen molar-refractivity contribution in [1.82, 2.24) is 0 Å². The lowest BCUT2D eigenvalue weighted by Gasteiger charge is -2.13. The Labute approximate surface area is 123 Å². The van der Waals surface area contributed by atoms with E-state index in [-0.39, 0.29) is 0 Å². The molecule has 0 unspecified atom stereocenters. The fourth-order valence-corrected chi connectivity index (χ4v) is 1.88. The van der Waals surface area contributed by atoms with E-state index in [0.717, 1.165) is 23.8 Å². The van der Waals surface area contributed by atoms with Gasteiger partial charge in [-0.3, -0.25) is 4.79 Å². The smallest absolute Gasteiger partial charge is 0.152 e. The number of aldehydes is 2. The fourth-order valence-electron chi connectivity index (χ4n) is 1.88. The molecular formula is C17H16N2O2. The van der Waals surface area contributed by atoms with E-state index in [0.29, 0.717) is 17.7 Å². The maximum atomic E-state index is 10.9. The lowest BCUT2D eigenvalue weighted by molar-refractivity contribution is -0.107. The first-order chi connectivity index (χ1) is 10.2. The Morgan fingerprint density at radius 2 is 1.76 bits per heavy atom. The zero-order valence-corrected chi connectivity index (χ0v) is 11.8. The van der Waals surface area contributed by atoms with Crippen molar-refractivity contribution in [3.8, 4) is 0 Å². The van der Waals surface area contributed by atoms with Gasteiger partial charge in [-0.2, -0.15) is 0 Å². The summed E-state index contributed by atoms with van der Waals surface area (Å²) in [6.45, 7) is 0. The highest BCUT2D eigenvalue weighted by atomic mass is 16.1. The Morgan fingerprint density at radius 1 is 1.05 bits per heavy atom. The van der Waals surface area contributed by atoms with Gasteiger partial charge >= 0.3 is 0 Å². The summed E-state index contributed by atoms with van der Waals surface area (Å²) in [4.78, 5) is 27.6. The molecule has 0 aromatic heterocycles. The average molecular weight is 280 g/mol. The SMILES string of the molecule is CN(C=Nc1ccccc1C=O)c1ccc(CC=O)cc1. The van der Waals surface area contributed by atoms with Gasteiger partial charge in [0.25, 0.3) is 0 Å². The number of anilines is 1. The highest BCUT2D eigenvalue weighted by Gasteiger charge is 2.00. The van der Waals surface area contributed by atoms with E-state index in [1.807, 2.05) is 42.3 Å². The van der Waals surface area contributed by atoms with E-state index >= 15 is 0 Å². The summed E-state index contributed by atoms with van der Waals surface area (Å²) >= 11 is 0. The van der Waals surface area contributed by atoms with Crippen molar-refractivity contribution >= 4 is 30.3 Å². The van der Waals surface area contributed by atoms with Crippen molar-refractivity contribution in [2.45, 2.75) is 6.42 Å². The molecule has 4 heteroatoms. The van der Waals surface area contributed by atoms with Crippen LogP contribution in [0.4, 0.5) is 11.4 Å². The van der Waals surface area contributed by atoms with Crippen LogP contribution in [-0.4, -0.2) is 26.0 Å². The molecule has 0 fully saturated rings. The molecule has 0 atom stereocenters. The average Bonchev–Trinajstić information content (AvgIpc) is 2.54. The van der Waals surface area contributed by atoms with Gasteiger partial charge in [-0.1, -0.05) is 24.3 Å². The number of rotatable bonds is 6. The molecule has 0 radical (unpaired) electrons. The number of hydrogen-bond donors (Lipinski definition) is 0. The lowest BCUT2D eigenvalue weighted by atomic mass is 10.1. The van der Waals surface area contributed by atoms with Crippen LogP contribution < -0.4 is 4.90 Å². The number of carbonyl (C=O) groups is 2. The molecule has 106 valence electrons. The summed E-state index contributed by atoms with van der Waals surface area (Å²) in [5.74, 6) is 0. The summed E-state index contributed by atoms with van der Waals surface area (Å²) in [6, 6.07) is 14.8. The fraction of sp³-hybridized carbons (Fsp3) is 0.118. The number of para-hydroxylation sites is 1. The van der Waals surface area contributed by atoms with Gasteiger partial charge in [0.15, 0.2) is 6.29 Å². The summed E-state index contributed by atoms with van der Waals surface area (Å²) in [7, 11) is 1.88. The maximum absolute atomic E-state index is 10.9. The van der Waals surface area contributed by atoms with Gasteiger partial charge in [0, 0.05) is 24.7 Å². The van der Waals surface area contributed by atoms with Gasteiger partial charge in [-0.05, 0) is 29.8 Å². The van der Waals surface area contributed by atoms with Crippen LogP contribution in [0.25, 0.3) is 0 Å². The quantitative estimate of drug-likeness (QED) is 0.464. The van der Waals surface area contributed by atoms with E-state index in [9.17, 15) is 9.59 Å². The van der Waals surface area contributed by atoms with E-state index < -0.39 is 0 Å². The Bertz CT molecular complexity index is 648. The molecule has 0 amide bonds. The monoisotopic (exact) mass is 280 g/mol. The highest BCUT2D eigenvalue weighted by molar-refractivity contribution is 5.87. The van der Waals surface area contributed by atoms with Crippen LogP contribution in [0.15, 0.2) is 53.5 Å². The van der Waals surface area contributed by atoms with Crippen LogP contribution in [0.1, 0.15) is 15.9 Å². The van der Waals surface area contributed by atoms with E-state index in [2.05, 4.69) is 4.99 Å². The normalized spacial score (nSPS) is 10.5. The Balaban J connectivity index is 2.13. The number of carbonyl (C=O) groups excluding carboxylic acids is 2. The predicted octanol–water partition coefficient (Wildman–Crippen LogP) is 3.04. The molecule has 21 heavy (non-hydrogen) atoms. The van der Waals surface area contributed by atoms with Crippen molar-refractivity contribution in [3.63, 3.8) is 0 Å². The maximum Gasteiger partial charge on any atom is 0.152 e. The second-order valence-corrected chi connectivity index (χ2v) is 4.57. The third-order valence-corrected chi connectivity index (χ3v) is 3.10. The van der Waals surface area contributed by atoms with Crippen molar-refractivity contribution in [2.75, 3.05) is 11.9 Å². The van der Waals surface area contributed by atoms with Gasteiger partial charge in [-0.25, -0.2) is 4.99 Å². The molecular weight excluding hydrogens is 264 g/mol.